The number of hydrogen-bond acceptors (Lipinski definition) is 7. The standard InChI is InChI=1S/C12H17N5O2/c1-3-8-5-14-9(19-8)6-15-11-10(13)12(18-4-2)17-7-16-11/h5,7H,3-4,6,13H2,1-2H3,(H,15,16,17). The lowest BCUT2D eigenvalue weighted by atomic mass is 10.4. The number of hydrogen-bond donors (Lipinski definition) is 2. The van der Waals surface area contributed by atoms with Gasteiger partial charge in [-0.2, -0.15) is 4.98 Å². The second-order valence-electron chi connectivity index (χ2n) is 3.80. The average molecular weight is 263 g/mol. The van der Waals surface area contributed by atoms with Gasteiger partial charge in [0.1, 0.15) is 17.8 Å². The molecular formula is C12H17N5O2. The van der Waals surface area contributed by atoms with Gasteiger partial charge in [0.05, 0.1) is 19.3 Å². The Bertz CT molecular complexity index is 541. The van der Waals surface area contributed by atoms with Gasteiger partial charge < -0.3 is 20.2 Å². The van der Waals surface area contributed by atoms with Crippen LogP contribution in [0.2, 0.25) is 0 Å². The fourth-order valence-corrected chi connectivity index (χ4v) is 1.52. The van der Waals surface area contributed by atoms with Gasteiger partial charge >= 0.3 is 0 Å². The molecule has 0 aromatic carbocycles. The molecule has 0 aliphatic carbocycles. The van der Waals surface area contributed by atoms with Crippen LogP contribution in [0.5, 0.6) is 5.88 Å². The van der Waals surface area contributed by atoms with Gasteiger partial charge in [-0.05, 0) is 6.92 Å². The van der Waals surface area contributed by atoms with Crippen molar-refractivity contribution in [3.8, 4) is 5.88 Å². The molecule has 2 heterocycles. The first kappa shape index (κ1) is 13.1. The van der Waals surface area contributed by atoms with Crippen molar-refractivity contribution in [2.24, 2.45) is 0 Å². The van der Waals surface area contributed by atoms with Crippen molar-refractivity contribution in [1.82, 2.24) is 15.0 Å². The van der Waals surface area contributed by atoms with Crippen LogP contribution in [0.25, 0.3) is 0 Å². The van der Waals surface area contributed by atoms with Gasteiger partial charge in [-0.1, -0.05) is 6.92 Å². The summed E-state index contributed by atoms with van der Waals surface area (Å²) in [7, 11) is 0. The molecule has 0 bridgehead atoms. The van der Waals surface area contributed by atoms with E-state index in [4.69, 9.17) is 14.9 Å². The Labute approximate surface area is 111 Å². The second-order valence-corrected chi connectivity index (χ2v) is 3.80. The molecule has 0 spiro atoms. The van der Waals surface area contributed by atoms with E-state index >= 15 is 0 Å². The van der Waals surface area contributed by atoms with Crippen molar-refractivity contribution in [2.45, 2.75) is 26.8 Å². The second kappa shape index (κ2) is 6.03. The number of aryl methyl sites for hydroxylation is 1. The van der Waals surface area contributed by atoms with Crippen molar-refractivity contribution in [3.63, 3.8) is 0 Å². The van der Waals surface area contributed by atoms with Gasteiger partial charge in [0.25, 0.3) is 0 Å². The zero-order valence-corrected chi connectivity index (χ0v) is 11.0. The Kier molecular flexibility index (Phi) is 4.17. The summed E-state index contributed by atoms with van der Waals surface area (Å²) in [6.07, 6.45) is 3.93. The molecule has 0 radical (unpaired) electrons. The molecule has 7 heteroatoms. The van der Waals surface area contributed by atoms with Crippen molar-refractivity contribution in [2.75, 3.05) is 17.7 Å². The smallest absolute Gasteiger partial charge is 0.242 e. The first-order valence-corrected chi connectivity index (χ1v) is 6.15. The molecule has 7 nitrogen and oxygen atoms in total. The van der Waals surface area contributed by atoms with E-state index in [0.29, 0.717) is 36.4 Å². The molecule has 2 aromatic heterocycles. The lowest BCUT2D eigenvalue weighted by molar-refractivity contribution is 0.328. The number of anilines is 2. The van der Waals surface area contributed by atoms with Crippen LogP contribution in [0.3, 0.4) is 0 Å². The van der Waals surface area contributed by atoms with E-state index in [9.17, 15) is 0 Å². The minimum absolute atomic E-state index is 0.377. The predicted molar refractivity (Wildman–Crippen MR) is 70.8 cm³/mol. The Hall–Kier alpha value is -2.31. The van der Waals surface area contributed by atoms with Crippen molar-refractivity contribution < 1.29 is 9.15 Å². The number of aromatic nitrogens is 3. The van der Waals surface area contributed by atoms with Gasteiger partial charge in [0, 0.05) is 6.42 Å². The van der Waals surface area contributed by atoms with Gasteiger partial charge in [-0.25, -0.2) is 9.97 Å². The minimum atomic E-state index is 0.377. The summed E-state index contributed by atoms with van der Waals surface area (Å²) in [4.78, 5) is 12.2. The molecule has 0 amide bonds. The van der Waals surface area contributed by atoms with Crippen molar-refractivity contribution in [1.29, 1.82) is 0 Å². The van der Waals surface area contributed by atoms with Gasteiger partial charge in [0.2, 0.25) is 11.8 Å². The lowest BCUT2D eigenvalue weighted by Gasteiger charge is -2.09. The minimum Gasteiger partial charge on any atom is -0.476 e. The van der Waals surface area contributed by atoms with Gasteiger partial charge in [-0.3, -0.25) is 0 Å². The maximum absolute atomic E-state index is 5.90. The molecule has 0 aliphatic heterocycles. The molecule has 102 valence electrons. The Morgan fingerprint density at radius 2 is 2.16 bits per heavy atom. The van der Waals surface area contributed by atoms with Crippen LogP contribution in [0.4, 0.5) is 11.5 Å². The van der Waals surface area contributed by atoms with Crippen molar-refractivity contribution in [3.05, 3.63) is 24.2 Å². The molecule has 2 rings (SSSR count). The molecular weight excluding hydrogens is 246 g/mol. The third kappa shape index (κ3) is 3.12. The van der Waals surface area contributed by atoms with E-state index in [0.717, 1.165) is 12.2 Å². The normalized spacial score (nSPS) is 10.4. The molecule has 0 fully saturated rings. The Morgan fingerprint density at radius 1 is 1.32 bits per heavy atom. The Balaban J connectivity index is 2.04. The molecule has 0 aliphatic rings. The summed E-state index contributed by atoms with van der Waals surface area (Å²) in [6, 6.07) is 0. The van der Waals surface area contributed by atoms with E-state index in [1.54, 1.807) is 6.20 Å². The summed E-state index contributed by atoms with van der Waals surface area (Å²) in [5, 5.41) is 3.05. The fraction of sp³-hybridized carbons (Fsp3) is 0.417. The largest absolute Gasteiger partial charge is 0.476 e. The SMILES string of the molecule is CCOc1ncnc(NCc2ncc(CC)o2)c1N. The number of nitrogens with one attached hydrogen (secondary N) is 1. The number of ether oxygens (including phenoxy) is 1. The van der Waals surface area contributed by atoms with Gasteiger partial charge in [-0.15, -0.1) is 0 Å². The van der Waals surface area contributed by atoms with E-state index in [1.165, 1.54) is 6.33 Å². The first-order chi connectivity index (χ1) is 9.24. The highest BCUT2D eigenvalue weighted by Crippen LogP contribution is 2.24. The number of rotatable bonds is 6. The molecule has 19 heavy (non-hydrogen) atoms. The van der Waals surface area contributed by atoms with Crippen LogP contribution >= 0.6 is 0 Å². The van der Waals surface area contributed by atoms with Crippen LogP contribution in [-0.4, -0.2) is 21.6 Å². The highest BCUT2D eigenvalue weighted by molar-refractivity contribution is 5.66. The van der Waals surface area contributed by atoms with Crippen molar-refractivity contribution >= 4 is 11.5 Å². The fourth-order valence-electron chi connectivity index (χ4n) is 1.52. The Morgan fingerprint density at radius 3 is 2.84 bits per heavy atom. The van der Waals surface area contributed by atoms with E-state index < -0.39 is 0 Å². The van der Waals surface area contributed by atoms with E-state index in [1.807, 2.05) is 13.8 Å². The zero-order valence-electron chi connectivity index (χ0n) is 11.0. The number of oxazole rings is 1. The molecule has 2 aromatic rings. The summed E-state index contributed by atoms with van der Waals surface area (Å²) in [6.45, 7) is 4.79. The third-order valence-electron chi connectivity index (χ3n) is 2.49. The lowest BCUT2D eigenvalue weighted by Crippen LogP contribution is -2.08. The maximum Gasteiger partial charge on any atom is 0.242 e. The molecule has 0 saturated heterocycles. The predicted octanol–water partition coefficient (Wildman–Crippen LogP) is 1.62. The average Bonchev–Trinajstić information content (AvgIpc) is 2.88. The highest BCUT2D eigenvalue weighted by atomic mass is 16.5. The summed E-state index contributed by atoms with van der Waals surface area (Å²) < 4.78 is 10.8. The number of nitrogen functional groups attached to an aromatic ring is 1. The number of nitrogens with two attached hydrogens (primary N) is 1. The van der Waals surface area contributed by atoms with E-state index in [2.05, 4.69) is 20.3 Å². The number of nitrogens with zero attached hydrogens (tertiary/aromatic N) is 3. The molecule has 0 unspecified atom stereocenters. The molecule has 0 atom stereocenters. The molecule has 3 N–H and O–H groups in total. The monoisotopic (exact) mass is 263 g/mol. The van der Waals surface area contributed by atoms with Crippen LogP contribution in [0, 0.1) is 0 Å². The molecule has 0 saturated carbocycles. The van der Waals surface area contributed by atoms with E-state index in [-0.39, 0.29) is 0 Å². The van der Waals surface area contributed by atoms with Crippen LogP contribution < -0.4 is 15.8 Å². The van der Waals surface area contributed by atoms with Gasteiger partial charge in [0.15, 0.2) is 5.82 Å². The van der Waals surface area contributed by atoms with Crippen LogP contribution in [0.15, 0.2) is 16.9 Å². The third-order valence-corrected chi connectivity index (χ3v) is 2.49. The first-order valence-electron chi connectivity index (χ1n) is 6.15. The summed E-state index contributed by atoms with van der Waals surface area (Å²) in [5.74, 6) is 2.33. The highest BCUT2D eigenvalue weighted by Gasteiger charge is 2.09. The van der Waals surface area contributed by atoms with Crippen LogP contribution in [0.1, 0.15) is 25.5 Å². The maximum atomic E-state index is 5.90. The zero-order chi connectivity index (χ0) is 13.7. The quantitative estimate of drug-likeness (QED) is 0.816. The summed E-state index contributed by atoms with van der Waals surface area (Å²) >= 11 is 0. The topological polar surface area (TPSA) is 99.1 Å². The summed E-state index contributed by atoms with van der Waals surface area (Å²) in [5.41, 5.74) is 6.28. The van der Waals surface area contributed by atoms with Crippen LogP contribution in [-0.2, 0) is 13.0 Å².